The first-order valence-corrected chi connectivity index (χ1v) is 9.93. The second kappa shape index (κ2) is 8.74. The summed E-state index contributed by atoms with van der Waals surface area (Å²) in [6, 6.07) is 10.1. The number of rotatable bonds is 7. The lowest BCUT2D eigenvalue weighted by Gasteiger charge is -2.18. The number of carbonyl (C=O) groups is 1. The minimum Gasteiger partial charge on any atom is -0.384 e. The predicted molar refractivity (Wildman–Crippen MR) is 97.6 cm³/mol. The molecule has 1 amide bonds. The van der Waals surface area contributed by atoms with Gasteiger partial charge in [0.15, 0.2) is 9.84 Å². The summed E-state index contributed by atoms with van der Waals surface area (Å²) < 4.78 is 66.8. The molecule has 0 atom stereocenters. The number of hydrogen-bond donors (Lipinski definition) is 0. The van der Waals surface area contributed by atoms with Gasteiger partial charge in [0.05, 0.1) is 22.8 Å². The van der Waals surface area contributed by atoms with Crippen LogP contribution in [0.5, 0.6) is 0 Å². The van der Waals surface area contributed by atoms with Crippen LogP contribution >= 0.6 is 0 Å². The Morgan fingerprint density at radius 2 is 1.61 bits per heavy atom. The van der Waals surface area contributed by atoms with E-state index < -0.39 is 21.6 Å². The molecule has 0 saturated carbocycles. The summed E-state index contributed by atoms with van der Waals surface area (Å²) in [5, 5.41) is 0. The second-order valence-corrected chi connectivity index (χ2v) is 8.30. The molecule has 0 aliphatic rings. The molecule has 9 heteroatoms. The van der Waals surface area contributed by atoms with E-state index in [1.807, 2.05) is 0 Å². The number of methoxy groups -OCH3 is 1. The molecule has 28 heavy (non-hydrogen) atoms. The van der Waals surface area contributed by atoms with Crippen LogP contribution in [-0.2, 0) is 27.3 Å². The molecule has 0 radical (unpaired) electrons. The summed E-state index contributed by atoms with van der Waals surface area (Å²) in [4.78, 5) is 13.9. The molecule has 0 saturated heterocycles. The van der Waals surface area contributed by atoms with Crippen molar-refractivity contribution in [3.63, 3.8) is 0 Å². The van der Waals surface area contributed by atoms with Crippen LogP contribution in [0.3, 0.4) is 0 Å². The maximum absolute atomic E-state index is 12.6. The molecule has 0 fully saturated rings. The number of amides is 1. The lowest BCUT2D eigenvalue weighted by Crippen LogP contribution is -2.26. The Morgan fingerprint density at radius 3 is 2.11 bits per heavy atom. The predicted octanol–water partition coefficient (Wildman–Crippen LogP) is 3.40. The molecule has 0 aliphatic heterocycles. The van der Waals surface area contributed by atoms with E-state index in [0.29, 0.717) is 5.56 Å². The van der Waals surface area contributed by atoms with Gasteiger partial charge in [-0.2, -0.15) is 13.2 Å². The average molecular weight is 415 g/mol. The van der Waals surface area contributed by atoms with E-state index in [-0.39, 0.29) is 35.3 Å². The fourth-order valence-corrected chi connectivity index (χ4v) is 3.65. The van der Waals surface area contributed by atoms with E-state index in [0.717, 1.165) is 12.1 Å². The van der Waals surface area contributed by atoms with E-state index >= 15 is 0 Å². The number of alkyl halides is 3. The third kappa shape index (κ3) is 5.56. The van der Waals surface area contributed by atoms with Crippen molar-refractivity contribution in [2.75, 3.05) is 26.5 Å². The molecule has 0 aliphatic carbocycles. The van der Waals surface area contributed by atoms with Gasteiger partial charge in [0, 0.05) is 26.3 Å². The first-order valence-electron chi connectivity index (χ1n) is 8.28. The largest absolute Gasteiger partial charge is 0.416 e. The lowest BCUT2D eigenvalue weighted by molar-refractivity contribution is -0.137. The van der Waals surface area contributed by atoms with Gasteiger partial charge in [0.25, 0.3) is 5.91 Å². The zero-order valence-electron chi connectivity index (χ0n) is 15.4. The Balaban J connectivity index is 2.07. The molecular formula is C19H20F3NO4S. The summed E-state index contributed by atoms with van der Waals surface area (Å²) in [7, 11) is -0.568. The highest BCUT2D eigenvalue weighted by molar-refractivity contribution is 7.91. The third-order valence-corrected chi connectivity index (χ3v) is 5.76. The maximum Gasteiger partial charge on any atom is 0.416 e. The van der Waals surface area contributed by atoms with Gasteiger partial charge in [-0.25, -0.2) is 8.42 Å². The number of benzene rings is 2. The van der Waals surface area contributed by atoms with E-state index in [2.05, 4.69) is 0 Å². The molecule has 0 unspecified atom stereocenters. The molecule has 0 bridgehead atoms. The normalized spacial score (nSPS) is 12.0. The van der Waals surface area contributed by atoms with Crippen molar-refractivity contribution in [2.24, 2.45) is 0 Å². The minimum absolute atomic E-state index is 0.0683. The Labute approximate surface area is 161 Å². The van der Waals surface area contributed by atoms with Crippen LogP contribution in [0.4, 0.5) is 13.2 Å². The number of nitrogens with zero attached hydrogens (tertiary/aromatic N) is 1. The van der Waals surface area contributed by atoms with Gasteiger partial charge >= 0.3 is 6.18 Å². The number of hydrogen-bond acceptors (Lipinski definition) is 4. The van der Waals surface area contributed by atoms with E-state index in [9.17, 15) is 26.4 Å². The summed E-state index contributed by atoms with van der Waals surface area (Å²) >= 11 is 0. The van der Waals surface area contributed by atoms with Gasteiger partial charge in [-0.1, -0.05) is 12.1 Å². The standard InChI is InChI=1S/C19H20F3NO4S/c1-23(13-14-3-7-16(8-4-14)19(20,21)22)18(24)15-5-9-17(10-6-15)28(25,26)12-11-27-2/h3-10H,11-13H2,1-2H3. The van der Waals surface area contributed by atoms with Crippen LogP contribution in [0.25, 0.3) is 0 Å². The van der Waals surface area contributed by atoms with E-state index in [1.54, 1.807) is 0 Å². The van der Waals surface area contributed by atoms with Crippen LogP contribution in [-0.4, -0.2) is 45.7 Å². The summed E-state index contributed by atoms with van der Waals surface area (Å²) in [5.41, 5.74) is 0.0678. The molecule has 0 heterocycles. The molecule has 0 N–H and O–H groups in total. The molecular weight excluding hydrogens is 395 g/mol. The van der Waals surface area contributed by atoms with Crippen molar-refractivity contribution in [1.82, 2.24) is 4.90 Å². The van der Waals surface area contributed by atoms with Crippen LogP contribution in [0.2, 0.25) is 0 Å². The molecule has 2 rings (SSSR count). The Bertz CT molecular complexity index is 908. The van der Waals surface area contributed by atoms with Crippen molar-refractivity contribution >= 4 is 15.7 Å². The Kier molecular flexibility index (Phi) is 6.84. The minimum atomic E-state index is -4.41. The van der Waals surface area contributed by atoms with Gasteiger partial charge < -0.3 is 9.64 Å². The topological polar surface area (TPSA) is 63.7 Å². The highest BCUT2D eigenvalue weighted by atomic mass is 32.2. The fraction of sp³-hybridized carbons (Fsp3) is 0.316. The average Bonchev–Trinajstić information content (AvgIpc) is 2.65. The SMILES string of the molecule is COCCS(=O)(=O)c1ccc(C(=O)N(C)Cc2ccc(C(F)(F)F)cc2)cc1. The van der Waals surface area contributed by atoms with Gasteiger partial charge in [-0.15, -0.1) is 0 Å². The quantitative estimate of drug-likeness (QED) is 0.695. The molecule has 5 nitrogen and oxygen atoms in total. The summed E-state index contributed by atoms with van der Waals surface area (Å²) in [6.07, 6.45) is -4.41. The van der Waals surface area contributed by atoms with Crippen LogP contribution in [0.15, 0.2) is 53.4 Å². The van der Waals surface area contributed by atoms with Crippen LogP contribution in [0, 0.1) is 0 Å². The number of carbonyl (C=O) groups excluding carboxylic acids is 1. The van der Waals surface area contributed by atoms with Crippen molar-refractivity contribution in [2.45, 2.75) is 17.6 Å². The first-order chi connectivity index (χ1) is 13.0. The van der Waals surface area contributed by atoms with Gasteiger partial charge in [0.1, 0.15) is 0 Å². The van der Waals surface area contributed by atoms with Crippen LogP contribution < -0.4 is 0 Å². The smallest absolute Gasteiger partial charge is 0.384 e. The van der Waals surface area contributed by atoms with E-state index in [1.165, 1.54) is 55.5 Å². The Hall–Kier alpha value is -2.39. The van der Waals surface area contributed by atoms with Crippen molar-refractivity contribution in [3.8, 4) is 0 Å². The molecule has 0 spiro atoms. The van der Waals surface area contributed by atoms with Crippen molar-refractivity contribution in [1.29, 1.82) is 0 Å². The molecule has 2 aromatic rings. The molecule has 2 aromatic carbocycles. The Morgan fingerprint density at radius 1 is 1.04 bits per heavy atom. The third-order valence-electron chi connectivity index (χ3n) is 4.06. The fourth-order valence-electron chi connectivity index (χ4n) is 2.48. The second-order valence-electron chi connectivity index (χ2n) is 6.19. The number of ether oxygens (including phenoxy) is 1. The monoisotopic (exact) mass is 415 g/mol. The van der Waals surface area contributed by atoms with Gasteiger partial charge in [-0.3, -0.25) is 4.79 Å². The number of halogens is 3. The highest BCUT2D eigenvalue weighted by Gasteiger charge is 2.30. The number of sulfone groups is 1. The van der Waals surface area contributed by atoms with Crippen molar-refractivity contribution < 1.29 is 31.1 Å². The van der Waals surface area contributed by atoms with Gasteiger partial charge in [-0.05, 0) is 42.0 Å². The molecule has 152 valence electrons. The first kappa shape index (κ1) is 21.9. The van der Waals surface area contributed by atoms with Crippen molar-refractivity contribution in [3.05, 3.63) is 65.2 Å². The maximum atomic E-state index is 12.6. The van der Waals surface area contributed by atoms with Gasteiger partial charge in [0.2, 0.25) is 0 Å². The highest BCUT2D eigenvalue weighted by Crippen LogP contribution is 2.29. The van der Waals surface area contributed by atoms with E-state index in [4.69, 9.17) is 4.74 Å². The zero-order chi connectivity index (χ0) is 20.9. The molecule has 0 aromatic heterocycles. The summed E-state index contributed by atoms with van der Waals surface area (Å²) in [5.74, 6) is -0.536. The zero-order valence-corrected chi connectivity index (χ0v) is 16.2. The summed E-state index contributed by atoms with van der Waals surface area (Å²) in [6.45, 7) is 0.184. The lowest BCUT2D eigenvalue weighted by atomic mass is 10.1. The van der Waals surface area contributed by atoms with Crippen LogP contribution in [0.1, 0.15) is 21.5 Å².